The number of hydrogen-bond donors (Lipinski definition) is 0. The van der Waals surface area contributed by atoms with Crippen LogP contribution in [0.3, 0.4) is 0 Å². The van der Waals surface area contributed by atoms with Crippen LogP contribution in [0.5, 0.6) is 5.75 Å². The number of nitrogens with zero attached hydrogens (tertiary/aromatic N) is 1. The molecule has 0 spiro atoms. The van der Waals surface area contributed by atoms with Crippen LogP contribution < -0.4 is 4.74 Å². The van der Waals surface area contributed by atoms with E-state index in [1.807, 2.05) is 37.3 Å². The van der Waals surface area contributed by atoms with Crippen molar-refractivity contribution in [3.05, 3.63) is 49.0 Å². The number of halogens is 2. The number of carbonyl (C=O) groups is 1. The maximum atomic E-state index is 12.4. The molecular weight excluding hydrogens is 418 g/mol. The van der Waals surface area contributed by atoms with Crippen LogP contribution in [0.1, 0.15) is 22.2 Å². The Balaban J connectivity index is 2.14. The number of amides is 1. The lowest BCUT2D eigenvalue weighted by Crippen LogP contribution is -2.25. The second-order valence-electron chi connectivity index (χ2n) is 4.43. The molecule has 0 atom stereocenters. The van der Waals surface area contributed by atoms with Gasteiger partial charge in [-0.3, -0.25) is 4.79 Å². The van der Waals surface area contributed by atoms with Gasteiger partial charge in [-0.1, -0.05) is 18.2 Å². The third kappa shape index (κ3) is 4.08. The van der Waals surface area contributed by atoms with Gasteiger partial charge in [0, 0.05) is 23.6 Å². The number of carbonyl (C=O) groups excluding carboxylic acids is 1. The predicted octanol–water partition coefficient (Wildman–Crippen LogP) is 4.94. The summed E-state index contributed by atoms with van der Waals surface area (Å²) < 4.78 is 7.42. The van der Waals surface area contributed by atoms with E-state index in [1.54, 1.807) is 11.9 Å². The summed E-state index contributed by atoms with van der Waals surface area (Å²) in [5.41, 5.74) is 1.00. The minimum atomic E-state index is -0.00213. The van der Waals surface area contributed by atoms with Crippen LogP contribution in [0, 0.1) is 0 Å². The Bertz CT molecular complexity index is 623. The lowest BCUT2D eigenvalue weighted by Gasteiger charge is -2.18. The quantitative estimate of drug-likeness (QED) is 0.669. The van der Waals surface area contributed by atoms with Gasteiger partial charge in [0.05, 0.1) is 15.3 Å². The zero-order chi connectivity index (χ0) is 15.4. The lowest BCUT2D eigenvalue weighted by atomic mass is 10.2. The van der Waals surface area contributed by atoms with Crippen molar-refractivity contribution < 1.29 is 9.53 Å². The van der Waals surface area contributed by atoms with Crippen molar-refractivity contribution in [2.75, 3.05) is 13.7 Å². The summed E-state index contributed by atoms with van der Waals surface area (Å²) in [4.78, 5) is 14.8. The van der Waals surface area contributed by atoms with Crippen LogP contribution >= 0.6 is 43.2 Å². The van der Waals surface area contributed by atoms with E-state index in [4.69, 9.17) is 4.74 Å². The van der Waals surface area contributed by atoms with Crippen molar-refractivity contribution in [1.29, 1.82) is 0 Å². The van der Waals surface area contributed by atoms with E-state index in [0.717, 1.165) is 19.6 Å². The second-order valence-corrected chi connectivity index (χ2v) is 7.66. The SMILES string of the molecule is CCOc1ccccc1CN(C)C(=O)c1cc(Br)c(Br)s1. The molecule has 0 fully saturated rings. The van der Waals surface area contributed by atoms with Crippen molar-refractivity contribution in [1.82, 2.24) is 4.90 Å². The average Bonchev–Trinajstić information content (AvgIpc) is 2.80. The Labute approximate surface area is 145 Å². The molecule has 6 heteroatoms. The fraction of sp³-hybridized carbons (Fsp3) is 0.267. The minimum absolute atomic E-state index is 0.00213. The number of rotatable bonds is 5. The number of thiophene rings is 1. The van der Waals surface area contributed by atoms with Crippen LogP contribution in [-0.4, -0.2) is 24.5 Å². The Morgan fingerprint density at radius 2 is 2.05 bits per heavy atom. The van der Waals surface area contributed by atoms with Crippen molar-refractivity contribution in [3.63, 3.8) is 0 Å². The largest absolute Gasteiger partial charge is 0.494 e. The average molecular weight is 433 g/mol. The highest BCUT2D eigenvalue weighted by molar-refractivity contribution is 9.13. The first kappa shape index (κ1) is 16.5. The molecule has 2 aromatic rings. The molecule has 1 heterocycles. The number of hydrogen-bond acceptors (Lipinski definition) is 3. The van der Waals surface area contributed by atoms with Gasteiger partial charge in [-0.2, -0.15) is 0 Å². The summed E-state index contributed by atoms with van der Waals surface area (Å²) >= 11 is 8.24. The number of benzene rings is 1. The van der Waals surface area contributed by atoms with Gasteiger partial charge in [-0.25, -0.2) is 0 Å². The number of para-hydroxylation sites is 1. The van der Waals surface area contributed by atoms with Gasteiger partial charge in [0.1, 0.15) is 5.75 Å². The summed E-state index contributed by atoms with van der Waals surface area (Å²) in [5, 5.41) is 0. The molecule has 3 nitrogen and oxygen atoms in total. The fourth-order valence-electron chi connectivity index (χ4n) is 1.90. The monoisotopic (exact) mass is 431 g/mol. The minimum Gasteiger partial charge on any atom is -0.494 e. The van der Waals surface area contributed by atoms with Crippen molar-refractivity contribution in [3.8, 4) is 5.75 Å². The van der Waals surface area contributed by atoms with Gasteiger partial charge in [0.2, 0.25) is 0 Å². The molecule has 1 aromatic carbocycles. The predicted molar refractivity (Wildman–Crippen MR) is 93.1 cm³/mol. The molecule has 0 unspecified atom stereocenters. The van der Waals surface area contributed by atoms with Gasteiger partial charge in [-0.15, -0.1) is 11.3 Å². The van der Waals surface area contributed by atoms with Crippen LogP contribution in [0.25, 0.3) is 0 Å². The maximum absolute atomic E-state index is 12.4. The molecular formula is C15H15Br2NO2S. The Morgan fingerprint density at radius 1 is 1.33 bits per heavy atom. The molecule has 21 heavy (non-hydrogen) atoms. The second kappa shape index (κ2) is 7.42. The van der Waals surface area contributed by atoms with E-state index in [9.17, 15) is 4.79 Å². The van der Waals surface area contributed by atoms with E-state index in [1.165, 1.54) is 11.3 Å². The molecule has 0 saturated heterocycles. The van der Waals surface area contributed by atoms with E-state index in [2.05, 4.69) is 31.9 Å². The standard InChI is InChI=1S/C15H15Br2NO2S/c1-3-20-12-7-5-4-6-10(12)9-18(2)15(19)13-8-11(16)14(17)21-13/h4-8H,3,9H2,1-2H3. The first-order chi connectivity index (χ1) is 10.0. The van der Waals surface area contributed by atoms with Crippen LogP contribution in [-0.2, 0) is 6.54 Å². The Morgan fingerprint density at radius 3 is 2.67 bits per heavy atom. The molecule has 0 aliphatic rings. The van der Waals surface area contributed by atoms with Crippen molar-refractivity contribution in [2.24, 2.45) is 0 Å². The molecule has 0 aliphatic heterocycles. The van der Waals surface area contributed by atoms with Crippen LogP contribution in [0.15, 0.2) is 38.6 Å². The smallest absolute Gasteiger partial charge is 0.264 e. The van der Waals surface area contributed by atoms with E-state index in [0.29, 0.717) is 18.0 Å². The molecule has 0 bridgehead atoms. The first-order valence-electron chi connectivity index (χ1n) is 6.44. The first-order valence-corrected chi connectivity index (χ1v) is 8.84. The highest BCUT2D eigenvalue weighted by atomic mass is 79.9. The van der Waals surface area contributed by atoms with Gasteiger partial charge < -0.3 is 9.64 Å². The molecule has 112 valence electrons. The van der Waals surface area contributed by atoms with Crippen LogP contribution in [0.4, 0.5) is 0 Å². The van der Waals surface area contributed by atoms with E-state index < -0.39 is 0 Å². The van der Waals surface area contributed by atoms with Gasteiger partial charge in [-0.05, 0) is 50.9 Å². The van der Waals surface area contributed by atoms with E-state index in [-0.39, 0.29) is 5.91 Å². The molecule has 1 aromatic heterocycles. The molecule has 0 aliphatic carbocycles. The summed E-state index contributed by atoms with van der Waals surface area (Å²) in [6.45, 7) is 3.08. The Hall–Kier alpha value is -0.850. The zero-order valence-electron chi connectivity index (χ0n) is 11.7. The molecule has 1 amide bonds. The van der Waals surface area contributed by atoms with E-state index >= 15 is 0 Å². The normalized spacial score (nSPS) is 10.5. The van der Waals surface area contributed by atoms with Crippen molar-refractivity contribution >= 4 is 49.1 Å². The summed E-state index contributed by atoms with van der Waals surface area (Å²) in [7, 11) is 1.80. The van der Waals surface area contributed by atoms with Gasteiger partial charge in [0.25, 0.3) is 5.91 Å². The topological polar surface area (TPSA) is 29.5 Å². The zero-order valence-corrected chi connectivity index (χ0v) is 15.7. The van der Waals surface area contributed by atoms with Crippen LogP contribution in [0.2, 0.25) is 0 Å². The van der Waals surface area contributed by atoms with Gasteiger partial charge in [0.15, 0.2) is 0 Å². The molecule has 0 radical (unpaired) electrons. The summed E-state index contributed by atoms with van der Waals surface area (Å²) in [6, 6.07) is 9.63. The summed E-state index contributed by atoms with van der Waals surface area (Å²) in [6.07, 6.45) is 0. The third-order valence-electron chi connectivity index (χ3n) is 2.88. The highest BCUT2D eigenvalue weighted by Crippen LogP contribution is 2.33. The molecule has 0 saturated carbocycles. The summed E-state index contributed by atoms with van der Waals surface area (Å²) in [5.74, 6) is 0.825. The van der Waals surface area contributed by atoms with Gasteiger partial charge >= 0.3 is 0 Å². The fourth-order valence-corrected chi connectivity index (χ4v) is 3.93. The van der Waals surface area contributed by atoms with Crippen molar-refractivity contribution in [2.45, 2.75) is 13.5 Å². The molecule has 0 N–H and O–H groups in total. The maximum Gasteiger partial charge on any atom is 0.264 e. The third-order valence-corrected chi connectivity index (χ3v) is 6.13. The molecule has 2 rings (SSSR count). The Kier molecular flexibility index (Phi) is 5.84. The highest BCUT2D eigenvalue weighted by Gasteiger charge is 2.17. The lowest BCUT2D eigenvalue weighted by molar-refractivity contribution is 0.0789. The number of ether oxygens (including phenoxy) is 1.